The third kappa shape index (κ3) is 3.28. The highest BCUT2D eigenvalue weighted by molar-refractivity contribution is 5.97. The Hall–Kier alpha value is -2.56. The van der Waals surface area contributed by atoms with Gasteiger partial charge in [0.05, 0.1) is 11.7 Å². The maximum absolute atomic E-state index is 11.8. The van der Waals surface area contributed by atoms with Crippen molar-refractivity contribution in [3.63, 3.8) is 0 Å². The molecule has 1 aliphatic rings. The molecule has 3 rings (SSSR count). The van der Waals surface area contributed by atoms with Gasteiger partial charge in [-0.1, -0.05) is 19.1 Å². The summed E-state index contributed by atoms with van der Waals surface area (Å²) in [7, 11) is 0. The molecule has 2 atom stereocenters. The second-order valence-corrected chi connectivity index (χ2v) is 5.79. The predicted molar refractivity (Wildman–Crippen MR) is 90.8 cm³/mol. The lowest BCUT2D eigenvalue weighted by Gasteiger charge is -2.26. The number of hydrogen-bond donors (Lipinski definition) is 2. The van der Waals surface area contributed by atoms with Gasteiger partial charge in [-0.25, -0.2) is 4.98 Å². The monoisotopic (exact) mass is 311 g/mol. The molecule has 1 aromatic heterocycles. The van der Waals surface area contributed by atoms with Crippen LogP contribution in [0, 0.1) is 6.92 Å². The summed E-state index contributed by atoms with van der Waals surface area (Å²) in [5.41, 5.74) is 2.78. The highest BCUT2D eigenvalue weighted by Gasteiger charge is 2.26. The summed E-state index contributed by atoms with van der Waals surface area (Å²) in [5.74, 6) is 1.48. The van der Waals surface area contributed by atoms with Crippen molar-refractivity contribution in [1.82, 2.24) is 4.98 Å². The van der Waals surface area contributed by atoms with Crippen LogP contribution in [0.1, 0.15) is 37.6 Å². The van der Waals surface area contributed by atoms with E-state index in [1.165, 1.54) is 0 Å². The molecule has 0 saturated heterocycles. The van der Waals surface area contributed by atoms with E-state index in [1.54, 1.807) is 0 Å². The minimum absolute atomic E-state index is 0.0795. The standard InChI is InChI=1S/C18H21N3O2/c1-4-15-18(22)21-14-9-8-13(10-16(14)23-15)12(3)20-17-7-5-6-11(2)19-17/h5-10,12,15H,4H2,1-3H3,(H,19,20)(H,21,22). The lowest BCUT2D eigenvalue weighted by Crippen LogP contribution is -2.36. The topological polar surface area (TPSA) is 63.2 Å². The number of fused-ring (bicyclic) bond motifs is 1. The molecule has 0 fully saturated rings. The van der Waals surface area contributed by atoms with Crippen LogP contribution in [-0.2, 0) is 4.79 Å². The molecular weight excluding hydrogens is 290 g/mol. The normalized spacial score (nSPS) is 17.7. The minimum Gasteiger partial charge on any atom is -0.478 e. The van der Waals surface area contributed by atoms with E-state index in [2.05, 4.69) is 22.5 Å². The molecule has 1 aromatic carbocycles. The maximum Gasteiger partial charge on any atom is 0.265 e. The molecule has 2 unspecified atom stereocenters. The molecule has 23 heavy (non-hydrogen) atoms. The molecule has 0 spiro atoms. The van der Waals surface area contributed by atoms with Crippen molar-refractivity contribution in [3.8, 4) is 5.75 Å². The van der Waals surface area contributed by atoms with Crippen LogP contribution in [0.4, 0.5) is 11.5 Å². The Morgan fingerprint density at radius 3 is 2.91 bits per heavy atom. The number of aryl methyl sites for hydroxylation is 1. The number of ether oxygens (including phenoxy) is 1. The van der Waals surface area contributed by atoms with E-state index >= 15 is 0 Å². The van der Waals surface area contributed by atoms with Crippen molar-refractivity contribution in [2.45, 2.75) is 39.3 Å². The number of amides is 1. The average Bonchev–Trinajstić information content (AvgIpc) is 2.53. The van der Waals surface area contributed by atoms with Gasteiger partial charge in [0, 0.05) is 5.69 Å². The summed E-state index contributed by atoms with van der Waals surface area (Å²) in [5, 5.41) is 6.27. The van der Waals surface area contributed by atoms with E-state index in [1.807, 2.05) is 50.2 Å². The number of aromatic nitrogens is 1. The molecule has 0 bridgehead atoms. The summed E-state index contributed by atoms with van der Waals surface area (Å²) in [6.07, 6.45) is 0.232. The number of benzene rings is 1. The highest BCUT2D eigenvalue weighted by atomic mass is 16.5. The number of carbonyl (C=O) groups is 1. The second-order valence-electron chi connectivity index (χ2n) is 5.79. The van der Waals surface area contributed by atoms with Crippen molar-refractivity contribution in [1.29, 1.82) is 0 Å². The Bertz CT molecular complexity index is 730. The molecule has 0 saturated carbocycles. The van der Waals surface area contributed by atoms with Crippen molar-refractivity contribution in [2.24, 2.45) is 0 Å². The molecule has 0 radical (unpaired) electrons. The van der Waals surface area contributed by atoms with Crippen LogP contribution < -0.4 is 15.4 Å². The minimum atomic E-state index is -0.417. The first-order valence-corrected chi connectivity index (χ1v) is 7.88. The SMILES string of the molecule is CCC1Oc2cc(C(C)Nc3cccc(C)n3)ccc2NC1=O. The molecule has 5 nitrogen and oxygen atoms in total. The summed E-state index contributed by atoms with van der Waals surface area (Å²) in [4.78, 5) is 16.3. The van der Waals surface area contributed by atoms with Crippen LogP contribution in [0.5, 0.6) is 5.75 Å². The predicted octanol–water partition coefficient (Wildman–Crippen LogP) is 3.67. The molecule has 1 amide bonds. The zero-order chi connectivity index (χ0) is 16.4. The van der Waals surface area contributed by atoms with Gasteiger partial charge in [-0.2, -0.15) is 0 Å². The van der Waals surface area contributed by atoms with Crippen molar-refractivity contribution in [2.75, 3.05) is 10.6 Å². The fourth-order valence-electron chi connectivity index (χ4n) is 2.63. The molecule has 1 aliphatic heterocycles. The smallest absolute Gasteiger partial charge is 0.265 e. The average molecular weight is 311 g/mol. The van der Waals surface area contributed by atoms with E-state index < -0.39 is 6.10 Å². The molecule has 0 aliphatic carbocycles. The zero-order valence-corrected chi connectivity index (χ0v) is 13.6. The van der Waals surface area contributed by atoms with Crippen molar-refractivity contribution >= 4 is 17.4 Å². The van der Waals surface area contributed by atoms with E-state index in [4.69, 9.17) is 4.74 Å². The number of anilines is 2. The van der Waals surface area contributed by atoms with E-state index in [9.17, 15) is 4.79 Å². The van der Waals surface area contributed by atoms with Gasteiger partial charge in [0.1, 0.15) is 11.6 Å². The number of rotatable bonds is 4. The Labute approximate surface area is 136 Å². The maximum atomic E-state index is 11.8. The molecule has 5 heteroatoms. The van der Waals surface area contributed by atoms with Gasteiger partial charge < -0.3 is 15.4 Å². The van der Waals surface area contributed by atoms with Crippen molar-refractivity contribution < 1.29 is 9.53 Å². The van der Waals surface area contributed by atoms with Gasteiger partial charge >= 0.3 is 0 Å². The third-order valence-corrected chi connectivity index (χ3v) is 3.95. The van der Waals surface area contributed by atoms with E-state index in [0.717, 1.165) is 28.5 Å². The van der Waals surface area contributed by atoms with Crippen LogP contribution >= 0.6 is 0 Å². The second kappa shape index (κ2) is 6.28. The Morgan fingerprint density at radius 2 is 2.17 bits per heavy atom. The lowest BCUT2D eigenvalue weighted by molar-refractivity contribution is -0.123. The lowest BCUT2D eigenvalue weighted by atomic mass is 10.1. The molecular formula is C18H21N3O2. The number of carbonyl (C=O) groups excluding carboxylic acids is 1. The summed E-state index contributed by atoms with van der Waals surface area (Å²) in [6.45, 7) is 5.98. The van der Waals surface area contributed by atoms with Gasteiger partial charge in [-0.05, 0) is 50.1 Å². The largest absolute Gasteiger partial charge is 0.478 e. The number of nitrogens with zero attached hydrogens (tertiary/aromatic N) is 1. The Morgan fingerprint density at radius 1 is 1.35 bits per heavy atom. The molecule has 120 valence electrons. The summed E-state index contributed by atoms with van der Waals surface area (Å²) in [6, 6.07) is 11.8. The van der Waals surface area contributed by atoms with Crippen LogP contribution in [0.3, 0.4) is 0 Å². The van der Waals surface area contributed by atoms with Crippen LogP contribution in [0.25, 0.3) is 0 Å². The van der Waals surface area contributed by atoms with Gasteiger partial charge in [-0.3, -0.25) is 4.79 Å². The number of nitrogens with one attached hydrogen (secondary N) is 2. The van der Waals surface area contributed by atoms with Gasteiger partial charge in [0.25, 0.3) is 5.91 Å². The zero-order valence-electron chi connectivity index (χ0n) is 13.6. The fraction of sp³-hybridized carbons (Fsp3) is 0.333. The Balaban J connectivity index is 1.80. The highest BCUT2D eigenvalue weighted by Crippen LogP contribution is 2.33. The number of hydrogen-bond acceptors (Lipinski definition) is 4. The number of pyridine rings is 1. The molecule has 2 heterocycles. The fourth-order valence-corrected chi connectivity index (χ4v) is 2.63. The van der Waals surface area contributed by atoms with Gasteiger partial charge in [0.15, 0.2) is 6.10 Å². The summed E-state index contributed by atoms with van der Waals surface area (Å²) < 4.78 is 5.80. The first-order valence-electron chi connectivity index (χ1n) is 7.88. The third-order valence-electron chi connectivity index (χ3n) is 3.95. The molecule has 2 N–H and O–H groups in total. The Kier molecular flexibility index (Phi) is 4.19. The van der Waals surface area contributed by atoms with Crippen molar-refractivity contribution in [3.05, 3.63) is 47.7 Å². The van der Waals surface area contributed by atoms with Crippen LogP contribution in [-0.4, -0.2) is 17.0 Å². The van der Waals surface area contributed by atoms with Crippen LogP contribution in [0.2, 0.25) is 0 Å². The van der Waals surface area contributed by atoms with Gasteiger partial charge in [-0.15, -0.1) is 0 Å². The van der Waals surface area contributed by atoms with E-state index in [-0.39, 0.29) is 11.9 Å². The van der Waals surface area contributed by atoms with E-state index in [0.29, 0.717) is 6.42 Å². The van der Waals surface area contributed by atoms with Gasteiger partial charge in [0.2, 0.25) is 0 Å². The first-order chi connectivity index (χ1) is 11.1. The quantitative estimate of drug-likeness (QED) is 0.904. The van der Waals surface area contributed by atoms with Crippen LogP contribution in [0.15, 0.2) is 36.4 Å². The summed E-state index contributed by atoms with van der Waals surface area (Å²) >= 11 is 0. The first kappa shape index (κ1) is 15.3. The molecule has 2 aromatic rings.